The van der Waals surface area contributed by atoms with Crippen molar-refractivity contribution in [2.45, 2.75) is 19.7 Å². The largest absolute Gasteiger partial charge is 0.496 e. The highest BCUT2D eigenvalue weighted by Crippen LogP contribution is 2.24. The number of rotatable bonds is 8. The van der Waals surface area contributed by atoms with Crippen molar-refractivity contribution < 1.29 is 13.9 Å². The monoisotopic (exact) mass is 385 g/mol. The maximum atomic E-state index is 13.0. The molecule has 0 aliphatic rings. The molecule has 0 amide bonds. The maximum absolute atomic E-state index is 13.0. The van der Waals surface area contributed by atoms with Gasteiger partial charge in [-0.25, -0.2) is 4.39 Å². The lowest BCUT2D eigenvalue weighted by atomic mass is 10.1. The van der Waals surface area contributed by atoms with Crippen molar-refractivity contribution in [3.63, 3.8) is 0 Å². The summed E-state index contributed by atoms with van der Waals surface area (Å²) in [6.45, 7) is 1.62. The molecule has 0 heterocycles. The Morgan fingerprint density at radius 1 is 0.889 bits per heavy atom. The Morgan fingerprint density at radius 3 is 2.41 bits per heavy atom. The van der Waals surface area contributed by atoms with E-state index in [1.165, 1.54) is 12.1 Å². The normalized spacial score (nSPS) is 10.6. The second-order valence-corrected chi connectivity index (χ2v) is 6.52. The van der Waals surface area contributed by atoms with Crippen LogP contribution in [0.25, 0.3) is 0 Å². The molecule has 0 fully saturated rings. The molecule has 3 nitrogen and oxygen atoms in total. The van der Waals surface area contributed by atoms with E-state index in [2.05, 4.69) is 5.32 Å². The quantitative estimate of drug-likeness (QED) is 0.566. The Balaban J connectivity index is 1.64. The molecule has 3 aromatic rings. The van der Waals surface area contributed by atoms with Crippen LogP contribution < -0.4 is 14.8 Å². The van der Waals surface area contributed by atoms with Gasteiger partial charge in [-0.1, -0.05) is 41.9 Å². The van der Waals surface area contributed by atoms with Gasteiger partial charge in [0.15, 0.2) is 0 Å². The van der Waals surface area contributed by atoms with Gasteiger partial charge >= 0.3 is 0 Å². The highest BCUT2D eigenvalue weighted by molar-refractivity contribution is 6.30. The Morgan fingerprint density at radius 2 is 1.63 bits per heavy atom. The third-order valence-electron chi connectivity index (χ3n) is 4.15. The molecule has 0 spiro atoms. The van der Waals surface area contributed by atoms with Crippen LogP contribution in [0.15, 0.2) is 66.7 Å². The smallest absolute Gasteiger partial charge is 0.124 e. The van der Waals surface area contributed by atoms with E-state index in [9.17, 15) is 4.39 Å². The Kier molecular flexibility index (Phi) is 6.69. The van der Waals surface area contributed by atoms with Gasteiger partial charge in [-0.15, -0.1) is 0 Å². The molecule has 0 unspecified atom stereocenters. The lowest BCUT2D eigenvalue weighted by molar-refractivity contribution is 0.302. The van der Waals surface area contributed by atoms with Crippen molar-refractivity contribution in [2.75, 3.05) is 7.11 Å². The molecule has 0 aromatic heterocycles. The van der Waals surface area contributed by atoms with Gasteiger partial charge in [0.2, 0.25) is 0 Å². The molecule has 3 aromatic carbocycles. The molecule has 0 aliphatic carbocycles. The van der Waals surface area contributed by atoms with Crippen molar-refractivity contribution in [3.05, 3.63) is 94.3 Å². The molecular formula is C22H21ClFNO2. The molecule has 27 heavy (non-hydrogen) atoms. The average molecular weight is 386 g/mol. The van der Waals surface area contributed by atoms with Gasteiger partial charge in [-0.05, 0) is 42.0 Å². The molecular weight excluding hydrogens is 365 g/mol. The summed E-state index contributed by atoms with van der Waals surface area (Å²) >= 11 is 6.15. The van der Waals surface area contributed by atoms with Gasteiger partial charge < -0.3 is 14.8 Å². The second-order valence-electron chi connectivity index (χ2n) is 6.08. The molecule has 0 saturated heterocycles. The summed E-state index contributed by atoms with van der Waals surface area (Å²) in [5.74, 6) is 1.34. The molecule has 3 rings (SSSR count). The van der Waals surface area contributed by atoms with Crippen molar-refractivity contribution in [1.82, 2.24) is 5.32 Å². The van der Waals surface area contributed by atoms with Crippen LogP contribution in [0.5, 0.6) is 11.5 Å². The number of nitrogens with one attached hydrogen (secondary N) is 1. The average Bonchev–Trinajstić information content (AvgIpc) is 2.69. The number of benzene rings is 3. The van der Waals surface area contributed by atoms with E-state index in [1.807, 2.05) is 36.4 Å². The summed E-state index contributed by atoms with van der Waals surface area (Å²) < 4.78 is 24.3. The molecule has 140 valence electrons. The van der Waals surface area contributed by atoms with Crippen LogP contribution in [0.4, 0.5) is 4.39 Å². The summed E-state index contributed by atoms with van der Waals surface area (Å²) in [5, 5.41) is 4.05. The molecule has 5 heteroatoms. The Labute approximate surface area is 163 Å². The van der Waals surface area contributed by atoms with E-state index < -0.39 is 0 Å². The van der Waals surface area contributed by atoms with Crippen LogP contribution in [0.2, 0.25) is 5.02 Å². The maximum Gasteiger partial charge on any atom is 0.124 e. The first-order chi connectivity index (χ1) is 13.2. The number of para-hydroxylation sites is 1. The van der Waals surface area contributed by atoms with E-state index in [4.69, 9.17) is 21.1 Å². The molecule has 0 aliphatic heterocycles. The zero-order valence-electron chi connectivity index (χ0n) is 15.0. The zero-order valence-corrected chi connectivity index (χ0v) is 15.8. The van der Waals surface area contributed by atoms with Crippen molar-refractivity contribution in [2.24, 2.45) is 0 Å². The first kappa shape index (κ1) is 19.2. The summed E-state index contributed by atoms with van der Waals surface area (Å²) in [5.41, 5.74) is 2.94. The van der Waals surface area contributed by atoms with Gasteiger partial charge in [0.25, 0.3) is 0 Å². The van der Waals surface area contributed by atoms with E-state index in [1.54, 1.807) is 25.3 Å². The number of halogens is 2. The third-order valence-corrected chi connectivity index (χ3v) is 4.39. The topological polar surface area (TPSA) is 30.5 Å². The van der Waals surface area contributed by atoms with E-state index in [-0.39, 0.29) is 5.82 Å². The van der Waals surface area contributed by atoms with Gasteiger partial charge in [0.05, 0.1) is 7.11 Å². The summed E-state index contributed by atoms with van der Waals surface area (Å²) in [6, 6.07) is 19.7. The van der Waals surface area contributed by atoms with Crippen molar-refractivity contribution >= 4 is 11.6 Å². The minimum absolute atomic E-state index is 0.258. The van der Waals surface area contributed by atoms with Gasteiger partial charge in [0, 0.05) is 29.2 Å². The van der Waals surface area contributed by atoms with Crippen LogP contribution in [0, 0.1) is 5.82 Å². The third kappa shape index (κ3) is 5.46. The van der Waals surface area contributed by atoms with Gasteiger partial charge in [0.1, 0.15) is 23.9 Å². The summed E-state index contributed by atoms with van der Waals surface area (Å²) in [6.07, 6.45) is 0. The number of ether oxygens (including phenoxy) is 2. The van der Waals surface area contributed by atoms with Crippen LogP contribution in [0.3, 0.4) is 0 Å². The Bertz CT molecular complexity index is 884. The number of methoxy groups -OCH3 is 1. The molecule has 0 saturated carbocycles. The van der Waals surface area contributed by atoms with E-state index >= 15 is 0 Å². The first-order valence-corrected chi connectivity index (χ1v) is 9.02. The fourth-order valence-corrected chi connectivity index (χ4v) is 2.94. The lowest BCUT2D eigenvalue weighted by Gasteiger charge is -2.14. The zero-order chi connectivity index (χ0) is 19.1. The van der Waals surface area contributed by atoms with Crippen molar-refractivity contribution in [3.8, 4) is 11.5 Å². The second kappa shape index (κ2) is 9.40. The van der Waals surface area contributed by atoms with Crippen LogP contribution in [0.1, 0.15) is 16.7 Å². The molecule has 0 radical (unpaired) electrons. The number of hydrogen-bond donors (Lipinski definition) is 1. The predicted molar refractivity (Wildman–Crippen MR) is 106 cm³/mol. The summed E-state index contributed by atoms with van der Waals surface area (Å²) in [4.78, 5) is 0. The highest BCUT2D eigenvalue weighted by atomic mass is 35.5. The van der Waals surface area contributed by atoms with Crippen LogP contribution in [-0.2, 0) is 19.7 Å². The lowest BCUT2D eigenvalue weighted by Crippen LogP contribution is -2.14. The Hall–Kier alpha value is -2.56. The molecule has 0 atom stereocenters. The SMILES string of the molecule is COc1ccccc1CNCc1cc(Cl)ccc1OCc1ccc(F)cc1. The summed E-state index contributed by atoms with van der Waals surface area (Å²) in [7, 11) is 1.66. The van der Waals surface area contributed by atoms with Crippen LogP contribution in [-0.4, -0.2) is 7.11 Å². The fourth-order valence-electron chi connectivity index (χ4n) is 2.75. The van der Waals surface area contributed by atoms with E-state index in [0.717, 1.165) is 28.2 Å². The minimum atomic E-state index is -0.258. The van der Waals surface area contributed by atoms with E-state index in [0.29, 0.717) is 24.7 Å². The molecule has 1 N–H and O–H groups in total. The fraction of sp³-hybridized carbons (Fsp3) is 0.182. The number of hydrogen-bond acceptors (Lipinski definition) is 3. The highest BCUT2D eigenvalue weighted by Gasteiger charge is 2.07. The molecule has 0 bridgehead atoms. The predicted octanol–water partition coefficient (Wildman–Crippen LogP) is 5.36. The van der Waals surface area contributed by atoms with Gasteiger partial charge in [-0.3, -0.25) is 0 Å². The standard InChI is InChI=1S/C22H21ClFNO2/c1-26-21-5-3-2-4-17(21)13-25-14-18-12-19(23)8-11-22(18)27-15-16-6-9-20(24)10-7-16/h2-12,25H,13-15H2,1H3. The van der Waals surface area contributed by atoms with Crippen molar-refractivity contribution in [1.29, 1.82) is 0 Å². The first-order valence-electron chi connectivity index (χ1n) is 8.64. The van der Waals surface area contributed by atoms with Crippen LogP contribution >= 0.6 is 11.6 Å². The minimum Gasteiger partial charge on any atom is -0.496 e. The van der Waals surface area contributed by atoms with Gasteiger partial charge in [-0.2, -0.15) is 0 Å².